The van der Waals surface area contributed by atoms with Gasteiger partial charge in [0.15, 0.2) is 11.4 Å². The molecule has 0 aliphatic carbocycles. The van der Waals surface area contributed by atoms with Gasteiger partial charge in [0.05, 0.1) is 0 Å². The lowest BCUT2D eigenvalue weighted by Gasteiger charge is -2.05. The first kappa shape index (κ1) is 17.5. The Morgan fingerprint density at radius 1 is 1.04 bits per heavy atom. The number of hydrogen-bond acceptors (Lipinski definition) is 4. The van der Waals surface area contributed by atoms with E-state index >= 15 is 0 Å². The van der Waals surface area contributed by atoms with Gasteiger partial charge in [0.25, 0.3) is 0 Å². The van der Waals surface area contributed by atoms with Gasteiger partial charge in [-0.05, 0) is 46.9 Å². The van der Waals surface area contributed by atoms with E-state index in [1.165, 1.54) is 0 Å². The van der Waals surface area contributed by atoms with Crippen molar-refractivity contribution in [1.82, 2.24) is 19.9 Å². The zero-order chi connectivity index (χ0) is 17.6. The van der Waals surface area contributed by atoms with Gasteiger partial charge in [0, 0.05) is 41.1 Å². The molecule has 0 bridgehead atoms. The number of hydrogen-bond donors (Lipinski definition) is 1. The molecule has 3 rings (SSSR count). The third-order valence-corrected chi connectivity index (χ3v) is 4.52. The largest absolute Gasteiger partial charge is 0.356 e. The lowest BCUT2D eigenvalue weighted by molar-refractivity contribution is -0.121. The molecule has 0 saturated heterocycles. The molecule has 25 heavy (non-hydrogen) atoms. The Labute approximate surface area is 158 Å². The van der Waals surface area contributed by atoms with Crippen molar-refractivity contribution < 1.29 is 9.59 Å². The molecule has 2 heterocycles. The van der Waals surface area contributed by atoms with Crippen LogP contribution in [0.4, 0.5) is 0 Å². The number of halogens is 1. The van der Waals surface area contributed by atoms with E-state index in [2.05, 4.69) is 38.1 Å². The van der Waals surface area contributed by atoms with Crippen molar-refractivity contribution in [3.63, 3.8) is 0 Å². The maximum Gasteiger partial charge on any atom is 0.220 e. The van der Waals surface area contributed by atoms with Crippen LogP contribution in [0.25, 0.3) is 5.65 Å². The molecule has 0 spiro atoms. The fourth-order valence-corrected chi connectivity index (χ4v) is 2.83. The standard InChI is InChI=1S/C18H17IN4O2/c19-14-6-4-13(5-7-14)15(24)8-9-18(25)20-11-10-17-22-21-16-3-1-2-12-23(16)17/h1-7,12H,8-11H2,(H,20,25). The number of nitrogens with zero attached hydrogens (tertiary/aromatic N) is 3. The van der Waals surface area contributed by atoms with Crippen LogP contribution in [-0.2, 0) is 11.2 Å². The third kappa shape index (κ3) is 4.62. The number of rotatable bonds is 7. The third-order valence-electron chi connectivity index (χ3n) is 3.80. The van der Waals surface area contributed by atoms with Crippen molar-refractivity contribution >= 4 is 39.9 Å². The summed E-state index contributed by atoms with van der Waals surface area (Å²) in [6.45, 7) is 0.465. The van der Waals surface area contributed by atoms with Crippen LogP contribution in [-0.4, -0.2) is 32.8 Å². The minimum atomic E-state index is -0.132. The average Bonchev–Trinajstić information content (AvgIpc) is 3.04. The molecule has 0 fully saturated rings. The molecule has 1 N–H and O–H groups in total. The minimum absolute atomic E-state index is 0.0185. The molecule has 7 heteroatoms. The Balaban J connectivity index is 1.44. The molecule has 128 valence electrons. The molecular formula is C18H17IN4O2. The van der Waals surface area contributed by atoms with Crippen LogP contribution in [0.15, 0.2) is 48.7 Å². The summed E-state index contributed by atoms with van der Waals surface area (Å²) in [5.41, 5.74) is 1.43. The second kappa shape index (κ2) is 8.19. The molecule has 0 atom stereocenters. The quantitative estimate of drug-likeness (QED) is 0.446. The van der Waals surface area contributed by atoms with Crippen molar-refractivity contribution in [2.24, 2.45) is 0 Å². The molecule has 3 aromatic rings. The lowest BCUT2D eigenvalue weighted by atomic mass is 10.1. The highest BCUT2D eigenvalue weighted by Crippen LogP contribution is 2.10. The summed E-state index contributed by atoms with van der Waals surface area (Å²) in [7, 11) is 0. The van der Waals surface area contributed by atoms with Gasteiger partial charge in [-0.2, -0.15) is 0 Å². The monoisotopic (exact) mass is 448 g/mol. The highest BCUT2D eigenvalue weighted by atomic mass is 127. The number of aromatic nitrogens is 3. The first-order valence-electron chi connectivity index (χ1n) is 7.97. The number of ketones is 1. The summed E-state index contributed by atoms with van der Waals surface area (Å²) in [6, 6.07) is 13.0. The molecule has 1 amide bonds. The van der Waals surface area contributed by atoms with Gasteiger partial charge in [-0.3, -0.25) is 14.0 Å². The predicted octanol–water partition coefficient (Wildman–Crippen LogP) is 2.66. The van der Waals surface area contributed by atoms with Crippen LogP contribution >= 0.6 is 22.6 Å². The minimum Gasteiger partial charge on any atom is -0.356 e. The highest BCUT2D eigenvalue weighted by Gasteiger charge is 2.10. The number of pyridine rings is 1. The van der Waals surface area contributed by atoms with Gasteiger partial charge in [-0.1, -0.05) is 18.2 Å². The summed E-state index contributed by atoms with van der Waals surface area (Å²) in [5, 5.41) is 11.0. The first-order valence-corrected chi connectivity index (χ1v) is 9.05. The average molecular weight is 448 g/mol. The van der Waals surface area contributed by atoms with Crippen LogP contribution in [0, 0.1) is 3.57 Å². The first-order chi connectivity index (χ1) is 12.1. The number of carbonyl (C=O) groups excluding carboxylic acids is 2. The molecule has 0 aliphatic rings. The predicted molar refractivity (Wildman–Crippen MR) is 102 cm³/mol. The van der Waals surface area contributed by atoms with E-state index in [9.17, 15) is 9.59 Å². The van der Waals surface area contributed by atoms with Gasteiger partial charge in [-0.25, -0.2) is 0 Å². The fourth-order valence-electron chi connectivity index (χ4n) is 2.47. The summed E-state index contributed by atoms with van der Waals surface area (Å²) in [6.07, 6.45) is 2.87. The van der Waals surface area contributed by atoms with E-state index in [1.807, 2.05) is 40.9 Å². The molecular weight excluding hydrogens is 431 g/mol. The van der Waals surface area contributed by atoms with E-state index in [0.717, 1.165) is 15.0 Å². The summed E-state index contributed by atoms with van der Waals surface area (Å²) in [5.74, 6) is 0.647. The summed E-state index contributed by atoms with van der Waals surface area (Å²) < 4.78 is 2.97. The number of Topliss-reactive ketones (excluding diaryl/α,β-unsaturated/α-hetero) is 1. The van der Waals surface area contributed by atoms with E-state index in [1.54, 1.807) is 12.1 Å². The van der Waals surface area contributed by atoms with E-state index in [0.29, 0.717) is 18.5 Å². The van der Waals surface area contributed by atoms with E-state index in [4.69, 9.17) is 0 Å². The summed E-state index contributed by atoms with van der Waals surface area (Å²) >= 11 is 2.19. The van der Waals surface area contributed by atoms with Gasteiger partial charge in [0.2, 0.25) is 5.91 Å². The van der Waals surface area contributed by atoms with E-state index < -0.39 is 0 Å². The second-order valence-electron chi connectivity index (χ2n) is 5.58. The number of carbonyl (C=O) groups is 2. The smallest absolute Gasteiger partial charge is 0.220 e. The Kier molecular flexibility index (Phi) is 5.75. The highest BCUT2D eigenvalue weighted by molar-refractivity contribution is 14.1. The van der Waals surface area contributed by atoms with Crippen LogP contribution in [0.2, 0.25) is 0 Å². The molecule has 1 aromatic carbocycles. The lowest BCUT2D eigenvalue weighted by Crippen LogP contribution is -2.26. The number of nitrogens with one attached hydrogen (secondary N) is 1. The van der Waals surface area contributed by atoms with Crippen molar-refractivity contribution in [3.05, 3.63) is 63.6 Å². The van der Waals surface area contributed by atoms with Crippen molar-refractivity contribution in [2.75, 3.05) is 6.54 Å². The topological polar surface area (TPSA) is 76.4 Å². The summed E-state index contributed by atoms with van der Waals surface area (Å²) in [4.78, 5) is 24.0. The molecule has 0 aliphatic heterocycles. The van der Waals surface area contributed by atoms with Gasteiger partial charge in [0.1, 0.15) is 5.82 Å². The molecule has 6 nitrogen and oxygen atoms in total. The Morgan fingerprint density at radius 3 is 2.64 bits per heavy atom. The fraction of sp³-hybridized carbons (Fsp3) is 0.222. The Hall–Kier alpha value is -2.29. The second-order valence-corrected chi connectivity index (χ2v) is 6.82. The SMILES string of the molecule is O=C(CCC(=O)c1ccc(I)cc1)NCCc1nnc2ccccn12. The molecule has 0 saturated carbocycles. The Bertz CT molecular complexity index is 889. The van der Waals surface area contributed by atoms with Crippen LogP contribution in [0.5, 0.6) is 0 Å². The van der Waals surface area contributed by atoms with E-state index in [-0.39, 0.29) is 24.5 Å². The van der Waals surface area contributed by atoms with Crippen molar-refractivity contribution in [2.45, 2.75) is 19.3 Å². The van der Waals surface area contributed by atoms with Gasteiger partial charge < -0.3 is 5.32 Å². The molecule has 2 aromatic heterocycles. The number of benzene rings is 1. The van der Waals surface area contributed by atoms with Crippen molar-refractivity contribution in [3.8, 4) is 0 Å². The van der Waals surface area contributed by atoms with Crippen LogP contribution in [0.1, 0.15) is 29.0 Å². The normalized spacial score (nSPS) is 10.8. The van der Waals surface area contributed by atoms with Gasteiger partial charge in [-0.15, -0.1) is 10.2 Å². The zero-order valence-corrected chi connectivity index (χ0v) is 15.6. The molecule has 0 unspecified atom stereocenters. The van der Waals surface area contributed by atoms with Crippen molar-refractivity contribution in [1.29, 1.82) is 0 Å². The number of amides is 1. The maximum absolute atomic E-state index is 12.1. The Morgan fingerprint density at radius 2 is 1.84 bits per heavy atom. The number of fused-ring (bicyclic) bond motifs is 1. The molecule has 0 radical (unpaired) electrons. The zero-order valence-electron chi connectivity index (χ0n) is 13.5. The van der Waals surface area contributed by atoms with Crippen LogP contribution < -0.4 is 5.32 Å². The van der Waals surface area contributed by atoms with Gasteiger partial charge >= 0.3 is 0 Å². The van der Waals surface area contributed by atoms with Crippen LogP contribution in [0.3, 0.4) is 0 Å². The maximum atomic E-state index is 12.1.